The van der Waals surface area contributed by atoms with Gasteiger partial charge in [0.2, 0.25) is 0 Å². The second kappa shape index (κ2) is 7.35. The molecule has 3 rings (SSSR count). The molecule has 0 bridgehead atoms. The van der Waals surface area contributed by atoms with Gasteiger partial charge in [0.25, 0.3) is 5.91 Å². The average Bonchev–Trinajstić information content (AvgIpc) is 2.88. The number of aromatic amines is 1. The van der Waals surface area contributed by atoms with Gasteiger partial charge in [-0.05, 0) is 36.6 Å². The van der Waals surface area contributed by atoms with Crippen molar-refractivity contribution < 1.29 is 19.1 Å². The van der Waals surface area contributed by atoms with E-state index in [9.17, 15) is 14.0 Å². The van der Waals surface area contributed by atoms with Gasteiger partial charge in [-0.25, -0.2) is 9.18 Å². The minimum atomic E-state index is -0.406. The van der Waals surface area contributed by atoms with Crippen molar-refractivity contribution in [1.82, 2.24) is 20.9 Å². The van der Waals surface area contributed by atoms with Crippen LogP contribution in [0, 0.1) is 5.82 Å². The van der Waals surface area contributed by atoms with E-state index in [1.807, 2.05) is 0 Å². The minimum Gasteiger partial charge on any atom is -0.396 e. The lowest BCUT2D eigenvalue weighted by Gasteiger charge is -2.07. The highest BCUT2D eigenvalue weighted by molar-refractivity contribution is 6.07. The number of halogens is 1. The highest BCUT2D eigenvalue weighted by Crippen LogP contribution is 2.32. The van der Waals surface area contributed by atoms with Crippen molar-refractivity contribution in [3.63, 3.8) is 0 Å². The van der Waals surface area contributed by atoms with Crippen LogP contribution in [0.4, 0.5) is 9.18 Å². The van der Waals surface area contributed by atoms with Crippen molar-refractivity contribution in [1.29, 1.82) is 0 Å². The van der Waals surface area contributed by atoms with Crippen LogP contribution in [0.5, 0.6) is 0 Å². The number of aliphatic hydroxyl groups is 1. The number of carbonyl (C=O) groups excluding carboxylic acids is 2. The van der Waals surface area contributed by atoms with E-state index in [0.29, 0.717) is 48.1 Å². The summed E-state index contributed by atoms with van der Waals surface area (Å²) in [7, 11) is 0. The number of amides is 3. The third-order valence-electron chi connectivity index (χ3n) is 3.99. The normalized spacial score (nSPS) is 15.6. The SMILES string of the molecule is O=C(NC=C1CCNC(=O)c2[nH]c3ccc(F)cc3c21)NCCCO. The molecule has 5 N–H and O–H groups in total. The standard InChI is InChI=1S/C17H19FN4O3/c18-11-2-3-13-12(8-11)14-10(4-6-19-16(24)15(14)22-13)9-21-17(25)20-5-1-7-23/h2-3,8-9,22-23H,1,4-7H2,(H,19,24)(H2,20,21,25). The maximum absolute atomic E-state index is 13.7. The van der Waals surface area contributed by atoms with E-state index in [2.05, 4.69) is 20.9 Å². The summed E-state index contributed by atoms with van der Waals surface area (Å²) >= 11 is 0. The lowest BCUT2D eigenvalue weighted by Crippen LogP contribution is -2.33. The fraction of sp³-hybridized carbons (Fsp3) is 0.294. The van der Waals surface area contributed by atoms with E-state index in [-0.39, 0.29) is 12.5 Å². The number of benzene rings is 1. The Hall–Kier alpha value is -2.87. The van der Waals surface area contributed by atoms with Crippen molar-refractivity contribution in [2.45, 2.75) is 12.8 Å². The molecule has 7 nitrogen and oxygen atoms in total. The summed E-state index contributed by atoms with van der Waals surface area (Å²) in [6, 6.07) is 3.88. The van der Waals surface area contributed by atoms with Gasteiger partial charge in [0.05, 0.1) is 0 Å². The highest BCUT2D eigenvalue weighted by atomic mass is 19.1. The summed E-state index contributed by atoms with van der Waals surface area (Å²) in [6.07, 6.45) is 2.50. The van der Waals surface area contributed by atoms with Crippen molar-refractivity contribution in [2.75, 3.05) is 19.7 Å². The third-order valence-corrected chi connectivity index (χ3v) is 3.99. The molecular formula is C17H19FN4O3. The number of nitrogens with one attached hydrogen (secondary N) is 4. The van der Waals surface area contributed by atoms with E-state index in [0.717, 1.165) is 5.57 Å². The first-order valence-corrected chi connectivity index (χ1v) is 8.04. The molecule has 0 unspecified atom stereocenters. The summed E-state index contributed by atoms with van der Waals surface area (Å²) in [5.41, 5.74) is 2.33. The number of hydrogen-bond acceptors (Lipinski definition) is 3. The third kappa shape index (κ3) is 3.63. The van der Waals surface area contributed by atoms with E-state index in [4.69, 9.17) is 5.11 Å². The van der Waals surface area contributed by atoms with Gasteiger partial charge in [0.1, 0.15) is 11.5 Å². The number of fused-ring (bicyclic) bond motifs is 3. The Morgan fingerprint density at radius 1 is 1.40 bits per heavy atom. The van der Waals surface area contributed by atoms with Crippen LogP contribution in [0.3, 0.4) is 0 Å². The summed E-state index contributed by atoms with van der Waals surface area (Å²) in [6.45, 7) is 0.770. The largest absolute Gasteiger partial charge is 0.396 e. The Morgan fingerprint density at radius 2 is 2.24 bits per heavy atom. The van der Waals surface area contributed by atoms with E-state index >= 15 is 0 Å². The molecule has 0 aliphatic carbocycles. The second-order valence-corrected chi connectivity index (χ2v) is 5.72. The molecule has 1 aromatic carbocycles. The van der Waals surface area contributed by atoms with Crippen LogP contribution in [-0.4, -0.2) is 41.7 Å². The quantitative estimate of drug-likeness (QED) is 0.541. The van der Waals surface area contributed by atoms with Gasteiger partial charge in [-0.2, -0.15) is 0 Å². The van der Waals surface area contributed by atoms with E-state index in [1.165, 1.54) is 18.3 Å². The fourth-order valence-corrected chi connectivity index (χ4v) is 2.82. The van der Waals surface area contributed by atoms with Gasteiger partial charge in [-0.15, -0.1) is 0 Å². The molecule has 132 valence electrons. The van der Waals surface area contributed by atoms with Crippen LogP contribution in [0.2, 0.25) is 0 Å². The smallest absolute Gasteiger partial charge is 0.318 e. The number of aliphatic hydroxyl groups excluding tert-OH is 1. The maximum Gasteiger partial charge on any atom is 0.318 e. The summed E-state index contributed by atoms with van der Waals surface area (Å²) in [4.78, 5) is 27.0. The first kappa shape index (κ1) is 17.0. The van der Waals surface area contributed by atoms with Crippen molar-refractivity contribution >= 4 is 28.4 Å². The number of aromatic nitrogens is 1. The summed E-state index contributed by atoms with van der Waals surface area (Å²) in [5, 5.41) is 17.3. The number of H-pyrrole nitrogens is 1. The Kier molecular flexibility index (Phi) is 4.99. The topological polar surface area (TPSA) is 106 Å². The number of urea groups is 1. The van der Waals surface area contributed by atoms with Gasteiger partial charge in [0.15, 0.2) is 0 Å². The highest BCUT2D eigenvalue weighted by Gasteiger charge is 2.24. The summed E-state index contributed by atoms with van der Waals surface area (Å²) < 4.78 is 13.7. The van der Waals surface area contributed by atoms with E-state index in [1.54, 1.807) is 6.07 Å². The Morgan fingerprint density at radius 3 is 3.04 bits per heavy atom. The van der Waals surface area contributed by atoms with Gasteiger partial charge in [-0.1, -0.05) is 0 Å². The molecule has 1 aliphatic rings. The average molecular weight is 346 g/mol. The van der Waals surface area contributed by atoms with Crippen molar-refractivity contribution in [3.05, 3.63) is 41.5 Å². The molecule has 2 aromatic rings. The lowest BCUT2D eigenvalue weighted by molar-refractivity contribution is 0.0952. The molecular weight excluding hydrogens is 327 g/mol. The molecule has 1 aromatic heterocycles. The van der Waals surface area contributed by atoms with Gasteiger partial charge >= 0.3 is 6.03 Å². The summed E-state index contributed by atoms with van der Waals surface area (Å²) in [5.74, 6) is -0.657. The fourth-order valence-electron chi connectivity index (χ4n) is 2.82. The number of rotatable bonds is 4. The Labute approximate surface area is 143 Å². The molecule has 0 spiro atoms. The minimum absolute atomic E-state index is 0.000582. The number of hydrogen-bond donors (Lipinski definition) is 5. The zero-order valence-corrected chi connectivity index (χ0v) is 13.5. The molecule has 2 heterocycles. The van der Waals surface area contributed by atoms with Gasteiger partial charge < -0.3 is 26.0 Å². The number of carbonyl (C=O) groups is 2. The molecule has 8 heteroatoms. The van der Waals surface area contributed by atoms with Crippen LogP contribution < -0.4 is 16.0 Å². The maximum atomic E-state index is 13.7. The molecule has 0 saturated carbocycles. The molecule has 1 aliphatic heterocycles. The van der Waals surface area contributed by atoms with Crippen molar-refractivity contribution in [3.8, 4) is 0 Å². The van der Waals surface area contributed by atoms with Crippen LogP contribution in [-0.2, 0) is 0 Å². The predicted octanol–water partition coefficient (Wildman–Crippen LogP) is 1.46. The lowest BCUT2D eigenvalue weighted by atomic mass is 10.0. The van der Waals surface area contributed by atoms with Crippen LogP contribution in [0.1, 0.15) is 28.9 Å². The zero-order valence-electron chi connectivity index (χ0n) is 13.5. The Bertz CT molecular complexity index is 844. The molecule has 3 amide bonds. The van der Waals surface area contributed by atoms with Crippen LogP contribution in [0.25, 0.3) is 16.5 Å². The first-order chi connectivity index (χ1) is 12.1. The predicted molar refractivity (Wildman–Crippen MR) is 91.4 cm³/mol. The molecule has 0 atom stereocenters. The first-order valence-electron chi connectivity index (χ1n) is 8.04. The monoisotopic (exact) mass is 346 g/mol. The van der Waals surface area contributed by atoms with Gasteiger partial charge in [0, 0.05) is 42.4 Å². The van der Waals surface area contributed by atoms with Crippen molar-refractivity contribution in [2.24, 2.45) is 0 Å². The molecule has 0 radical (unpaired) electrons. The zero-order chi connectivity index (χ0) is 17.8. The second-order valence-electron chi connectivity index (χ2n) is 5.72. The van der Waals surface area contributed by atoms with E-state index < -0.39 is 11.8 Å². The molecule has 0 saturated heterocycles. The molecule has 25 heavy (non-hydrogen) atoms. The van der Waals surface area contributed by atoms with Gasteiger partial charge in [-0.3, -0.25) is 4.79 Å². The van der Waals surface area contributed by atoms with Crippen LogP contribution >= 0.6 is 0 Å². The Balaban J connectivity index is 1.93. The van der Waals surface area contributed by atoms with Crippen LogP contribution in [0.15, 0.2) is 24.4 Å². The molecule has 0 fully saturated rings.